The van der Waals surface area contributed by atoms with Crippen LogP contribution in [0.15, 0.2) is 18.2 Å². The summed E-state index contributed by atoms with van der Waals surface area (Å²) < 4.78 is 26.2. The fourth-order valence-corrected chi connectivity index (χ4v) is 9.02. The van der Waals surface area contributed by atoms with Crippen molar-refractivity contribution in [2.75, 3.05) is 13.4 Å². The van der Waals surface area contributed by atoms with Crippen molar-refractivity contribution in [2.45, 2.75) is 76.1 Å². The van der Waals surface area contributed by atoms with Gasteiger partial charge in [-0.15, -0.1) is 0 Å². The van der Waals surface area contributed by atoms with Gasteiger partial charge < -0.3 is 18.5 Å². The van der Waals surface area contributed by atoms with E-state index in [4.69, 9.17) is 23.8 Å². The van der Waals surface area contributed by atoms with Gasteiger partial charge in [-0.2, -0.15) is 5.26 Å². The molecule has 1 fully saturated rings. The molecule has 1 aromatic rings. The van der Waals surface area contributed by atoms with Crippen LogP contribution in [0.3, 0.4) is 0 Å². The van der Waals surface area contributed by atoms with Gasteiger partial charge >= 0.3 is 0 Å². The lowest BCUT2D eigenvalue weighted by Gasteiger charge is -2.39. The van der Waals surface area contributed by atoms with Crippen LogP contribution in [0.2, 0.25) is 0 Å². The van der Waals surface area contributed by atoms with Gasteiger partial charge in [0.15, 0.2) is 11.5 Å². The number of nitrogens with zero attached hydrogens (tertiary/aromatic N) is 2. The third-order valence-corrected chi connectivity index (χ3v) is 10.7. The SMILES string of the molecule is CC(C)N(C(C)C)P(OCCC#N)O[C@H]1[C@H](c2ccc3c(c2)OCO3)SSC1(C)C. The van der Waals surface area contributed by atoms with Crippen molar-refractivity contribution in [3.63, 3.8) is 0 Å². The van der Waals surface area contributed by atoms with Gasteiger partial charge in [0.2, 0.25) is 6.79 Å². The van der Waals surface area contributed by atoms with Gasteiger partial charge in [-0.25, -0.2) is 4.67 Å². The first-order valence-corrected chi connectivity index (χ1v) is 13.6. The molecule has 1 unspecified atom stereocenters. The summed E-state index contributed by atoms with van der Waals surface area (Å²) in [5.74, 6) is 1.58. The summed E-state index contributed by atoms with van der Waals surface area (Å²) in [6, 6.07) is 8.86. The van der Waals surface area contributed by atoms with Crippen LogP contribution >= 0.6 is 30.1 Å². The Kier molecular flexibility index (Phi) is 8.22. The van der Waals surface area contributed by atoms with E-state index >= 15 is 0 Å². The van der Waals surface area contributed by atoms with Crippen molar-refractivity contribution in [1.82, 2.24) is 4.67 Å². The van der Waals surface area contributed by atoms with Gasteiger partial charge in [0.1, 0.15) is 0 Å². The molecule has 166 valence electrons. The first-order chi connectivity index (χ1) is 14.2. The average Bonchev–Trinajstić information content (AvgIpc) is 3.25. The molecule has 2 aliphatic heterocycles. The number of ether oxygens (including phenoxy) is 2. The Bertz CT molecular complexity index is 764. The molecule has 9 heteroatoms. The molecule has 1 saturated heterocycles. The minimum Gasteiger partial charge on any atom is -0.454 e. The maximum atomic E-state index is 8.97. The maximum Gasteiger partial charge on any atom is 0.259 e. The van der Waals surface area contributed by atoms with E-state index in [1.807, 2.05) is 27.7 Å². The molecule has 0 aromatic heterocycles. The van der Waals surface area contributed by atoms with Gasteiger partial charge in [-0.3, -0.25) is 0 Å². The van der Waals surface area contributed by atoms with E-state index in [1.54, 1.807) is 0 Å². The highest BCUT2D eigenvalue weighted by molar-refractivity contribution is 8.77. The molecule has 3 atom stereocenters. The smallest absolute Gasteiger partial charge is 0.259 e. The number of hydrogen-bond donors (Lipinski definition) is 0. The van der Waals surface area contributed by atoms with Gasteiger partial charge in [-0.1, -0.05) is 27.7 Å². The van der Waals surface area contributed by atoms with Crippen LogP contribution in [0, 0.1) is 11.3 Å². The van der Waals surface area contributed by atoms with Crippen molar-refractivity contribution in [3.8, 4) is 17.6 Å². The van der Waals surface area contributed by atoms with Crippen molar-refractivity contribution in [2.24, 2.45) is 0 Å². The first kappa shape index (κ1) is 24.0. The summed E-state index contributed by atoms with van der Waals surface area (Å²) in [5.41, 5.74) is 1.17. The second-order valence-corrected chi connectivity index (χ2v) is 12.8. The minimum absolute atomic E-state index is 0.0546. The number of fused-ring (bicyclic) bond motifs is 1. The topological polar surface area (TPSA) is 64.0 Å². The van der Waals surface area contributed by atoms with Crippen LogP contribution in [-0.4, -0.2) is 41.0 Å². The standard InChI is InChI=1S/C21H31N2O4PS2/c1-14(2)23(15(3)4)28(26-11-7-10-22)27-20-19(29-30-21(20,5)6)16-8-9-17-18(12-16)25-13-24-17/h8-9,12,14-15,19-20H,7,11,13H2,1-6H3/t19-,20-,28?/m0/s1. The van der Waals surface area contributed by atoms with E-state index in [-0.39, 0.29) is 35.0 Å². The predicted molar refractivity (Wildman–Crippen MR) is 125 cm³/mol. The highest BCUT2D eigenvalue weighted by Gasteiger charge is 2.48. The minimum atomic E-state index is -1.31. The zero-order valence-corrected chi connectivity index (χ0v) is 21.0. The van der Waals surface area contributed by atoms with Gasteiger partial charge in [0.25, 0.3) is 8.53 Å². The summed E-state index contributed by atoms with van der Waals surface area (Å²) in [4.78, 5) is 0. The van der Waals surface area contributed by atoms with E-state index < -0.39 is 8.53 Å². The van der Waals surface area contributed by atoms with Crippen LogP contribution < -0.4 is 9.47 Å². The molecule has 0 spiro atoms. The first-order valence-electron chi connectivity index (χ1n) is 10.2. The Morgan fingerprint density at radius 3 is 2.60 bits per heavy atom. The van der Waals surface area contributed by atoms with Crippen LogP contribution in [0.5, 0.6) is 11.5 Å². The van der Waals surface area contributed by atoms with Crippen molar-refractivity contribution in [1.29, 1.82) is 5.26 Å². The molecular formula is C21H31N2O4PS2. The molecule has 0 amide bonds. The van der Waals surface area contributed by atoms with E-state index in [1.165, 1.54) is 5.56 Å². The fourth-order valence-electron chi connectivity index (χ4n) is 3.53. The molecule has 0 aliphatic carbocycles. The Morgan fingerprint density at radius 2 is 1.93 bits per heavy atom. The molecular weight excluding hydrogens is 439 g/mol. The van der Waals surface area contributed by atoms with Crippen molar-refractivity contribution in [3.05, 3.63) is 23.8 Å². The lowest BCUT2D eigenvalue weighted by molar-refractivity contribution is 0.114. The fraction of sp³-hybridized carbons (Fsp3) is 0.667. The monoisotopic (exact) mass is 470 g/mol. The summed E-state index contributed by atoms with van der Waals surface area (Å²) in [6.07, 6.45) is 0.302. The Hall–Kier alpha value is -0.680. The third kappa shape index (κ3) is 5.38. The largest absolute Gasteiger partial charge is 0.454 e. The zero-order valence-electron chi connectivity index (χ0n) is 18.5. The van der Waals surface area contributed by atoms with Gasteiger partial charge in [0.05, 0.1) is 30.5 Å². The number of hydrogen-bond acceptors (Lipinski definition) is 8. The summed E-state index contributed by atoms with van der Waals surface area (Å²) in [7, 11) is 2.37. The molecule has 0 radical (unpaired) electrons. The molecule has 6 nitrogen and oxygen atoms in total. The van der Waals surface area contributed by atoms with Crippen LogP contribution in [0.25, 0.3) is 0 Å². The summed E-state index contributed by atoms with van der Waals surface area (Å²) >= 11 is 0. The Labute approximate surface area is 189 Å². The second-order valence-electron chi connectivity index (χ2n) is 8.39. The molecule has 2 heterocycles. The summed E-state index contributed by atoms with van der Waals surface area (Å²) in [5, 5.41) is 9.11. The number of nitriles is 1. The number of benzene rings is 1. The molecule has 0 bridgehead atoms. The molecule has 0 saturated carbocycles. The van der Waals surface area contributed by atoms with Crippen molar-refractivity contribution >= 4 is 30.1 Å². The lowest BCUT2D eigenvalue weighted by Crippen LogP contribution is -2.39. The summed E-state index contributed by atoms with van der Waals surface area (Å²) in [6.45, 7) is 13.7. The quantitative estimate of drug-likeness (QED) is 0.237. The lowest BCUT2D eigenvalue weighted by atomic mass is 9.97. The van der Waals surface area contributed by atoms with E-state index in [0.717, 1.165) is 11.5 Å². The van der Waals surface area contributed by atoms with E-state index in [2.05, 4.69) is 64.4 Å². The molecule has 2 aliphatic rings. The molecule has 0 N–H and O–H groups in total. The average molecular weight is 471 g/mol. The molecule has 30 heavy (non-hydrogen) atoms. The number of rotatable bonds is 9. The highest BCUT2D eigenvalue weighted by atomic mass is 33.1. The van der Waals surface area contributed by atoms with Crippen LogP contribution in [0.1, 0.15) is 58.8 Å². The van der Waals surface area contributed by atoms with E-state index in [9.17, 15) is 0 Å². The predicted octanol–water partition coefficient (Wildman–Crippen LogP) is 6.29. The zero-order chi connectivity index (χ0) is 21.9. The molecule has 3 rings (SSSR count). The van der Waals surface area contributed by atoms with Crippen molar-refractivity contribution < 1.29 is 18.5 Å². The van der Waals surface area contributed by atoms with Gasteiger partial charge in [-0.05, 0) is 59.2 Å². The van der Waals surface area contributed by atoms with Crippen LogP contribution in [-0.2, 0) is 9.05 Å². The maximum absolute atomic E-state index is 8.97. The Balaban J connectivity index is 1.86. The third-order valence-electron chi connectivity index (χ3n) is 4.92. The molecule has 1 aromatic carbocycles. The van der Waals surface area contributed by atoms with Crippen LogP contribution in [0.4, 0.5) is 0 Å². The van der Waals surface area contributed by atoms with Gasteiger partial charge in [0, 0.05) is 16.8 Å². The Morgan fingerprint density at radius 1 is 1.23 bits per heavy atom. The highest BCUT2D eigenvalue weighted by Crippen LogP contribution is 2.63. The van der Waals surface area contributed by atoms with E-state index in [0.29, 0.717) is 13.0 Å². The normalized spacial score (nSPS) is 23.3. The second kappa shape index (κ2) is 10.3.